The molecule has 17 heteroatoms. The summed E-state index contributed by atoms with van der Waals surface area (Å²) in [5.74, 6) is -1.04. The number of alkyl halides is 9. The van der Waals surface area contributed by atoms with E-state index in [1.54, 1.807) is 13.8 Å². The van der Waals surface area contributed by atoms with Gasteiger partial charge in [-0.2, -0.15) is 39.5 Å². The van der Waals surface area contributed by atoms with Crippen LogP contribution >= 0.6 is 0 Å². The molecule has 0 saturated heterocycles. The van der Waals surface area contributed by atoms with Crippen LogP contribution in [-0.4, -0.2) is 33.5 Å². The number of ether oxygens (including phenoxy) is 5. The number of rotatable bonds is 12. The van der Waals surface area contributed by atoms with Gasteiger partial charge in [-0.25, -0.2) is 9.18 Å². The van der Waals surface area contributed by atoms with Crippen LogP contribution < -0.4 is 24.3 Å². The molecule has 0 saturated carbocycles. The summed E-state index contributed by atoms with van der Waals surface area (Å²) >= 11 is 0. The zero-order chi connectivity index (χ0) is 41.0. The van der Waals surface area contributed by atoms with Crippen molar-refractivity contribution in [3.8, 4) is 34.1 Å². The molecule has 4 aromatic carbocycles. The Morgan fingerprint density at radius 3 is 1.78 bits per heavy atom. The van der Waals surface area contributed by atoms with Crippen LogP contribution in [0.5, 0.6) is 23.0 Å². The number of hydrogen-bond donors (Lipinski definition) is 1. The Bertz CT molecular complexity index is 1960. The molecule has 298 valence electrons. The van der Waals surface area contributed by atoms with Crippen LogP contribution in [0.4, 0.5) is 48.7 Å². The zero-order valence-electron chi connectivity index (χ0n) is 30.0. The van der Waals surface area contributed by atoms with E-state index in [0.29, 0.717) is 12.1 Å². The van der Waals surface area contributed by atoms with E-state index in [0.717, 1.165) is 24.3 Å². The predicted molar refractivity (Wildman–Crippen MR) is 180 cm³/mol. The number of halogens is 10. The van der Waals surface area contributed by atoms with E-state index in [1.165, 1.54) is 52.5 Å². The van der Waals surface area contributed by atoms with Crippen molar-refractivity contribution in [2.75, 3.05) is 21.3 Å². The molecule has 0 spiro atoms. The van der Waals surface area contributed by atoms with Crippen LogP contribution in [0.3, 0.4) is 0 Å². The molecule has 4 aromatic rings. The average molecular weight is 792 g/mol. The van der Waals surface area contributed by atoms with Crippen LogP contribution in [0, 0.1) is 5.82 Å². The minimum absolute atomic E-state index is 0.0301. The van der Waals surface area contributed by atoms with Crippen LogP contribution in [0.25, 0.3) is 11.1 Å². The molecule has 1 N–H and O–H groups in total. The molecule has 7 nitrogen and oxygen atoms in total. The summed E-state index contributed by atoms with van der Waals surface area (Å²) in [5.41, 5.74) is -4.83. The lowest BCUT2D eigenvalue weighted by molar-refractivity contribution is -0.143. The third-order valence-electron chi connectivity index (χ3n) is 8.46. The van der Waals surface area contributed by atoms with Gasteiger partial charge >= 0.3 is 24.7 Å². The zero-order valence-corrected chi connectivity index (χ0v) is 30.0. The molecule has 0 aliphatic rings. The lowest BCUT2D eigenvalue weighted by Crippen LogP contribution is -2.35. The van der Waals surface area contributed by atoms with Crippen molar-refractivity contribution in [3.05, 3.63) is 106 Å². The number of carbonyl (C=O) groups excluding carboxylic acids is 1. The number of carbonyl (C=O) groups is 1. The fourth-order valence-electron chi connectivity index (χ4n) is 5.63. The highest BCUT2D eigenvalue weighted by atomic mass is 19.4. The Hall–Kier alpha value is -5.19. The molecule has 0 radical (unpaired) electrons. The predicted octanol–water partition coefficient (Wildman–Crippen LogP) is 11.1. The van der Waals surface area contributed by atoms with E-state index >= 15 is 0 Å². The van der Waals surface area contributed by atoms with Crippen molar-refractivity contribution in [2.45, 2.75) is 63.9 Å². The first-order valence-electron chi connectivity index (χ1n) is 16.3. The third kappa shape index (κ3) is 10.3. The molecule has 0 unspecified atom stereocenters. The molecular weight excluding hydrogens is 756 g/mol. The van der Waals surface area contributed by atoms with Crippen molar-refractivity contribution in [3.63, 3.8) is 0 Å². The standard InChI is InChI=1S/C38H35F10NO6/c1-19(2)28-16-29(32(52-5)17-30(28)39)27-9-7-23(36(40,41)42)13-22(27)18-49-20(3)34(21-11-24(37(43,44)45)14-25(12-21)38(46,47)48)55-35(50)54-31-10-8-26(51-4)15-33(31)53-6/h7-17,19-20,34,49H,18H2,1-6H3/t20-,34-/m0/s1. The Morgan fingerprint density at radius 1 is 0.655 bits per heavy atom. The van der Waals surface area contributed by atoms with Gasteiger partial charge in [0.05, 0.1) is 38.0 Å². The minimum atomic E-state index is -5.27. The summed E-state index contributed by atoms with van der Waals surface area (Å²) < 4.78 is 166. The molecule has 0 bridgehead atoms. The number of nitrogens with one attached hydrogen (secondary N) is 1. The van der Waals surface area contributed by atoms with Gasteiger partial charge in [0.25, 0.3) is 0 Å². The summed E-state index contributed by atoms with van der Waals surface area (Å²) in [4.78, 5) is 13.2. The van der Waals surface area contributed by atoms with E-state index < -0.39 is 71.4 Å². The van der Waals surface area contributed by atoms with Gasteiger partial charge in [-0.1, -0.05) is 19.9 Å². The van der Waals surface area contributed by atoms with Crippen molar-refractivity contribution >= 4 is 6.16 Å². The van der Waals surface area contributed by atoms with Crippen LogP contribution in [-0.2, 0) is 29.8 Å². The van der Waals surface area contributed by atoms with Gasteiger partial charge in [0.2, 0.25) is 0 Å². The van der Waals surface area contributed by atoms with Gasteiger partial charge in [0.1, 0.15) is 23.4 Å². The van der Waals surface area contributed by atoms with Gasteiger partial charge in [-0.05, 0) is 83.6 Å². The second-order valence-corrected chi connectivity index (χ2v) is 12.5. The van der Waals surface area contributed by atoms with Crippen LogP contribution in [0.1, 0.15) is 66.2 Å². The van der Waals surface area contributed by atoms with Gasteiger partial charge in [-0.3, -0.25) is 0 Å². The van der Waals surface area contributed by atoms with Gasteiger partial charge in [-0.15, -0.1) is 0 Å². The number of hydrogen-bond acceptors (Lipinski definition) is 7. The molecule has 0 fully saturated rings. The van der Waals surface area contributed by atoms with Gasteiger partial charge in [0, 0.05) is 30.3 Å². The van der Waals surface area contributed by atoms with E-state index in [1.807, 2.05) is 0 Å². The third-order valence-corrected chi connectivity index (χ3v) is 8.46. The maximum atomic E-state index is 14.9. The van der Waals surface area contributed by atoms with Crippen molar-refractivity contribution < 1.29 is 72.4 Å². The van der Waals surface area contributed by atoms with E-state index in [-0.39, 0.29) is 57.2 Å². The molecule has 0 amide bonds. The fraction of sp³-hybridized carbons (Fsp3) is 0.342. The van der Waals surface area contributed by atoms with E-state index in [9.17, 15) is 48.7 Å². The Kier molecular flexibility index (Phi) is 12.9. The highest BCUT2D eigenvalue weighted by Crippen LogP contribution is 2.41. The second-order valence-electron chi connectivity index (χ2n) is 12.5. The van der Waals surface area contributed by atoms with E-state index in [2.05, 4.69) is 5.32 Å². The number of benzene rings is 4. The van der Waals surface area contributed by atoms with Gasteiger partial charge < -0.3 is 29.0 Å². The summed E-state index contributed by atoms with van der Waals surface area (Å²) in [7, 11) is 3.79. The van der Waals surface area contributed by atoms with Crippen LogP contribution in [0.15, 0.2) is 66.7 Å². The Morgan fingerprint density at radius 2 is 1.25 bits per heavy atom. The van der Waals surface area contributed by atoms with Gasteiger partial charge in [0.15, 0.2) is 11.5 Å². The second kappa shape index (κ2) is 16.7. The van der Waals surface area contributed by atoms with Crippen molar-refractivity contribution in [1.82, 2.24) is 5.32 Å². The average Bonchev–Trinajstić information content (AvgIpc) is 3.11. The SMILES string of the molecule is COc1ccc(OC(=O)O[C@H](c2cc(C(F)(F)F)cc(C(F)(F)F)c2)[C@H](C)NCc2cc(C(F)(F)F)ccc2-c2cc(C(C)C)c(F)cc2OC)c(OC)c1. The Balaban J connectivity index is 1.82. The molecule has 2 atom stereocenters. The monoisotopic (exact) mass is 791 g/mol. The first-order chi connectivity index (χ1) is 25.6. The fourth-order valence-corrected chi connectivity index (χ4v) is 5.63. The van der Waals surface area contributed by atoms with Crippen molar-refractivity contribution in [2.24, 2.45) is 0 Å². The maximum Gasteiger partial charge on any atom is 0.514 e. The highest BCUT2D eigenvalue weighted by molar-refractivity contribution is 5.75. The van der Waals surface area contributed by atoms with E-state index in [4.69, 9.17) is 23.7 Å². The van der Waals surface area contributed by atoms with Crippen molar-refractivity contribution in [1.29, 1.82) is 0 Å². The summed E-state index contributed by atoms with van der Waals surface area (Å²) in [5, 5.41) is 2.78. The molecule has 4 rings (SSSR count). The Labute approximate surface area is 309 Å². The maximum absolute atomic E-state index is 14.9. The highest BCUT2D eigenvalue weighted by Gasteiger charge is 2.39. The molecule has 0 aliphatic carbocycles. The quantitative estimate of drug-likeness (QED) is 0.0870. The molecular formula is C38H35F10NO6. The molecule has 55 heavy (non-hydrogen) atoms. The van der Waals surface area contributed by atoms with Crippen LogP contribution in [0.2, 0.25) is 0 Å². The smallest absolute Gasteiger partial charge is 0.497 e. The lowest BCUT2D eigenvalue weighted by atomic mass is 9.92. The molecule has 0 aromatic heterocycles. The summed E-state index contributed by atoms with van der Waals surface area (Å²) in [6, 6.07) is 8.27. The molecule has 0 heterocycles. The number of methoxy groups -OCH3 is 3. The first-order valence-corrected chi connectivity index (χ1v) is 16.3. The minimum Gasteiger partial charge on any atom is -0.497 e. The summed E-state index contributed by atoms with van der Waals surface area (Å²) in [6.45, 7) is 4.09. The normalized spacial score (nSPS) is 13.3. The first kappa shape index (κ1) is 42.6. The summed E-state index contributed by atoms with van der Waals surface area (Å²) in [6.07, 6.45) is -18.9. The largest absolute Gasteiger partial charge is 0.514 e. The molecule has 0 aliphatic heterocycles. The topological polar surface area (TPSA) is 75.3 Å². The lowest BCUT2D eigenvalue weighted by Gasteiger charge is -2.27.